The number of nitrogens with two attached hydrogens (primary N) is 1. The number of rotatable bonds is 7. The molecule has 6 heterocycles. The van der Waals surface area contributed by atoms with Crippen LogP contribution in [0.4, 0.5) is 11.6 Å². The summed E-state index contributed by atoms with van der Waals surface area (Å²) >= 11 is 0. The second-order valence-electron chi connectivity index (χ2n) is 11.3. The SMILES string of the molecule is CCc1nc2c(N)ncc(-c3cnn(C4CCN(C5CCN(CC)CC5)CC4)c3)c2nc1NC1CCOCC1. The van der Waals surface area contributed by atoms with Gasteiger partial charge in [-0.3, -0.25) is 4.68 Å². The van der Waals surface area contributed by atoms with Crippen molar-refractivity contribution in [3.63, 3.8) is 0 Å². The fraction of sp³-hybridized carbons (Fsp3) is 0.655. The number of nitrogens with zero attached hydrogens (tertiary/aromatic N) is 7. The van der Waals surface area contributed by atoms with Crippen LogP contribution in [0, 0.1) is 0 Å². The van der Waals surface area contributed by atoms with Gasteiger partial charge in [-0.1, -0.05) is 13.8 Å². The Morgan fingerprint density at radius 3 is 2.38 bits per heavy atom. The zero-order valence-electron chi connectivity index (χ0n) is 23.5. The minimum Gasteiger partial charge on any atom is -0.382 e. The van der Waals surface area contributed by atoms with Gasteiger partial charge in [-0.15, -0.1) is 0 Å². The van der Waals surface area contributed by atoms with E-state index in [9.17, 15) is 0 Å². The molecule has 10 heteroatoms. The van der Waals surface area contributed by atoms with Crippen molar-refractivity contribution in [3.8, 4) is 11.1 Å². The van der Waals surface area contributed by atoms with E-state index in [0.717, 1.165) is 92.6 Å². The second-order valence-corrected chi connectivity index (χ2v) is 11.3. The number of nitrogens with one attached hydrogen (secondary N) is 1. The van der Waals surface area contributed by atoms with Crippen LogP contribution < -0.4 is 11.1 Å². The predicted molar refractivity (Wildman–Crippen MR) is 155 cm³/mol. The molecule has 3 N–H and O–H groups in total. The van der Waals surface area contributed by atoms with Crippen LogP contribution in [0.3, 0.4) is 0 Å². The van der Waals surface area contributed by atoms with Gasteiger partial charge >= 0.3 is 0 Å². The van der Waals surface area contributed by atoms with Crippen LogP contribution in [0.15, 0.2) is 18.6 Å². The maximum absolute atomic E-state index is 6.29. The van der Waals surface area contributed by atoms with E-state index in [1.165, 1.54) is 32.5 Å². The molecule has 0 unspecified atom stereocenters. The van der Waals surface area contributed by atoms with E-state index in [0.29, 0.717) is 23.4 Å². The van der Waals surface area contributed by atoms with Gasteiger partial charge in [0, 0.05) is 61.9 Å². The van der Waals surface area contributed by atoms with Crippen molar-refractivity contribution in [2.45, 2.75) is 76.9 Å². The molecule has 0 saturated carbocycles. The van der Waals surface area contributed by atoms with Gasteiger partial charge in [-0.05, 0) is 64.6 Å². The third-order valence-corrected chi connectivity index (χ3v) is 9.00. The molecule has 0 atom stereocenters. The monoisotopic (exact) mass is 533 g/mol. The molecule has 3 aliphatic rings. The predicted octanol–water partition coefficient (Wildman–Crippen LogP) is 3.75. The number of hydrogen-bond donors (Lipinski definition) is 2. The smallest absolute Gasteiger partial charge is 0.151 e. The molecule has 3 aromatic rings. The van der Waals surface area contributed by atoms with Crippen LogP contribution in [-0.2, 0) is 11.2 Å². The van der Waals surface area contributed by atoms with E-state index in [1.807, 2.05) is 12.4 Å². The van der Waals surface area contributed by atoms with E-state index >= 15 is 0 Å². The zero-order valence-corrected chi connectivity index (χ0v) is 23.5. The Kier molecular flexibility index (Phi) is 7.95. The maximum atomic E-state index is 6.29. The average Bonchev–Trinajstić information content (AvgIpc) is 3.48. The quantitative estimate of drug-likeness (QED) is 0.469. The first-order valence-corrected chi connectivity index (χ1v) is 14.9. The number of aryl methyl sites for hydroxylation is 1. The number of fused-ring (bicyclic) bond motifs is 1. The van der Waals surface area contributed by atoms with Crippen LogP contribution >= 0.6 is 0 Å². The van der Waals surface area contributed by atoms with E-state index in [1.54, 1.807) is 0 Å². The Labute approximate surface area is 231 Å². The van der Waals surface area contributed by atoms with Crippen molar-refractivity contribution >= 4 is 22.7 Å². The lowest BCUT2D eigenvalue weighted by molar-refractivity contribution is 0.0792. The highest BCUT2D eigenvalue weighted by molar-refractivity contribution is 5.96. The van der Waals surface area contributed by atoms with E-state index in [4.69, 9.17) is 25.5 Å². The maximum Gasteiger partial charge on any atom is 0.151 e. The van der Waals surface area contributed by atoms with Gasteiger partial charge in [-0.2, -0.15) is 5.10 Å². The molecule has 0 bridgehead atoms. The van der Waals surface area contributed by atoms with Gasteiger partial charge < -0.3 is 25.6 Å². The molecule has 3 aromatic heterocycles. The van der Waals surface area contributed by atoms with Crippen LogP contribution in [-0.4, -0.2) is 92.6 Å². The Bertz CT molecular complexity index is 1260. The lowest BCUT2D eigenvalue weighted by atomic mass is 9.98. The summed E-state index contributed by atoms with van der Waals surface area (Å²) in [6.45, 7) is 11.9. The summed E-state index contributed by atoms with van der Waals surface area (Å²) < 4.78 is 7.70. The summed E-state index contributed by atoms with van der Waals surface area (Å²) in [6.07, 6.45) is 13.5. The molecular formula is C29H43N9O. The Balaban J connectivity index is 1.20. The molecule has 39 heavy (non-hydrogen) atoms. The minimum atomic E-state index is 0.339. The first kappa shape index (κ1) is 26.4. The highest BCUT2D eigenvalue weighted by Crippen LogP contribution is 2.33. The number of piperidine rings is 2. The van der Waals surface area contributed by atoms with Crippen LogP contribution in [0.25, 0.3) is 22.2 Å². The van der Waals surface area contributed by atoms with Gasteiger partial charge in [0.05, 0.1) is 17.9 Å². The zero-order chi connectivity index (χ0) is 26.8. The van der Waals surface area contributed by atoms with Crippen LogP contribution in [0.2, 0.25) is 0 Å². The van der Waals surface area contributed by atoms with E-state index < -0.39 is 0 Å². The van der Waals surface area contributed by atoms with Gasteiger partial charge in [0.1, 0.15) is 16.9 Å². The van der Waals surface area contributed by atoms with Gasteiger partial charge in [0.15, 0.2) is 5.82 Å². The molecule has 0 aliphatic carbocycles. The molecule has 210 valence electrons. The summed E-state index contributed by atoms with van der Waals surface area (Å²) in [5.74, 6) is 1.26. The van der Waals surface area contributed by atoms with Gasteiger partial charge in [-0.25, -0.2) is 15.0 Å². The molecule has 6 rings (SSSR count). The molecule has 0 spiro atoms. The number of hydrogen-bond acceptors (Lipinski definition) is 9. The van der Waals surface area contributed by atoms with Gasteiger partial charge in [0.2, 0.25) is 0 Å². The van der Waals surface area contributed by atoms with Crippen LogP contribution in [0.1, 0.15) is 64.1 Å². The number of ether oxygens (including phenoxy) is 1. The largest absolute Gasteiger partial charge is 0.382 e. The fourth-order valence-corrected chi connectivity index (χ4v) is 6.49. The van der Waals surface area contributed by atoms with Crippen molar-refractivity contribution < 1.29 is 4.74 Å². The number of aromatic nitrogens is 5. The van der Waals surface area contributed by atoms with Crippen molar-refractivity contribution in [2.75, 3.05) is 57.0 Å². The van der Waals surface area contributed by atoms with Crippen molar-refractivity contribution in [1.29, 1.82) is 0 Å². The Hall–Kier alpha value is -2.82. The van der Waals surface area contributed by atoms with E-state index in [-0.39, 0.29) is 0 Å². The molecule has 10 nitrogen and oxygen atoms in total. The second kappa shape index (κ2) is 11.7. The third kappa shape index (κ3) is 5.60. The number of pyridine rings is 1. The molecule has 3 fully saturated rings. The van der Waals surface area contributed by atoms with Gasteiger partial charge in [0.25, 0.3) is 0 Å². The molecule has 0 aromatic carbocycles. The number of anilines is 2. The standard InChI is InChI=1S/C29H43N9O/c1-3-25-29(33-21-9-15-39-16-10-21)35-26-24(18-31-28(30)27(26)34-25)20-17-32-38(19-20)23-7-13-37(14-8-23)22-5-11-36(4-2)12-6-22/h17-19,21-23H,3-16H2,1-2H3,(H2,30,31)(H,33,35). The van der Waals surface area contributed by atoms with Crippen LogP contribution in [0.5, 0.6) is 0 Å². The highest BCUT2D eigenvalue weighted by atomic mass is 16.5. The normalized spacial score (nSPS) is 21.1. The Morgan fingerprint density at radius 1 is 0.923 bits per heavy atom. The molecule has 0 amide bonds. The molecule has 3 saturated heterocycles. The van der Waals surface area contributed by atoms with E-state index in [2.05, 4.69) is 44.8 Å². The first-order chi connectivity index (χ1) is 19.1. The lowest BCUT2D eigenvalue weighted by Crippen LogP contribution is -2.47. The number of likely N-dealkylation sites (tertiary alicyclic amines) is 2. The summed E-state index contributed by atoms with van der Waals surface area (Å²) in [5.41, 5.74) is 10.6. The van der Waals surface area contributed by atoms with Crippen molar-refractivity contribution in [2.24, 2.45) is 0 Å². The van der Waals surface area contributed by atoms with Crippen molar-refractivity contribution in [1.82, 2.24) is 34.5 Å². The lowest BCUT2D eigenvalue weighted by Gasteiger charge is -2.41. The Morgan fingerprint density at radius 2 is 1.67 bits per heavy atom. The summed E-state index contributed by atoms with van der Waals surface area (Å²) in [7, 11) is 0. The molecule has 3 aliphatic heterocycles. The highest BCUT2D eigenvalue weighted by Gasteiger charge is 2.29. The summed E-state index contributed by atoms with van der Waals surface area (Å²) in [5, 5.41) is 8.45. The topological polar surface area (TPSA) is 110 Å². The summed E-state index contributed by atoms with van der Waals surface area (Å²) in [4.78, 5) is 19.8. The number of nitrogen functional groups attached to an aromatic ring is 1. The first-order valence-electron chi connectivity index (χ1n) is 14.9. The molecular weight excluding hydrogens is 490 g/mol. The third-order valence-electron chi connectivity index (χ3n) is 9.00. The average molecular weight is 534 g/mol. The van der Waals surface area contributed by atoms with Crippen molar-refractivity contribution in [3.05, 3.63) is 24.3 Å². The minimum absolute atomic E-state index is 0.339. The fourth-order valence-electron chi connectivity index (χ4n) is 6.49. The summed E-state index contributed by atoms with van der Waals surface area (Å²) in [6, 6.07) is 1.50. The molecule has 0 radical (unpaired) electrons.